The second-order valence-electron chi connectivity index (χ2n) is 12.1. The molecule has 3 amide bonds. The van der Waals surface area contributed by atoms with Gasteiger partial charge in [0.15, 0.2) is 11.4 Å². The summed E-state index contributed by atoms with van der Waals surface area (Å²) in [5.74, 6) is 1.12. The molecule has 15 heteroatoms. The predicted octanol–water partition coefficient (Wildman–Crippen LogP) is 3.67. The number of rotatable bonds is 18. The van der Waals surface area contributed by atoms with Crippen molar-refractivity contribution in [2.75, 3.05) is 74.7 Å². The molecule has 0 saturated carbocycles. The van der Waals surface area contributed by atoms with E-state index in [4.69, 9.17) is 9.47 Å². The number of imide groups is 1. The molecule has 1 atom stereocenters. The minimum Gasteiger partial charge on any atom is -0.379 e. The highest BCUT2D eigenvalue weighted by Gasteiger charge is 2.27. The van der Waals surface area contributed by atoms with Crippen molar-refractivity contribution in [1.29, 1.82) is 0 Å². The van der Waals surface area contributed by atoms with Crippen LogP contribution in [0.1, 0.15) is 65.5 Å². The lowest BCUT2D eigenvalue weighted by atomic mass is 9.90. The fourth-order valence-corrected chi connectivity index (χ4v) is 6.41. The number of unbranched alkanes of at least 4 members (excludes halogenated alkanes) is 3. The Labute approximate surface area is 290 Å². The van der Waals surface area contributed by atoms with Gasteiger partial charge in [-0.3, -0.25) is 29.4 Å². The van der Waals surface area contributed by atoms with Gasteiger partial charge >= 0.3 is 0 Å². The summed E-state index contributed by atoms with van der Waals surface area (Å²) in [6.45, 7) is 8.11. The number of nitrogens with zero attached hydrogens (tertiary/aromatic N) is 5. The Bertz CT molecular complexity index is 1560. The first-order valence-corrected chi connectivity index (χ1v) is 17.6. The number of piperidine rings is 1. The molecule has 262 valence electrons. The summed E-state index contributed by atoms with van der Waals surface area (Å²) in [6.07, 6.45) is 7.54. The number of hydrogen-bond donors (Lipinski definition) is 3. The Kier molecular flexibility index (Phi) is 13.5. The normalized spacial score (nSPS) is 16.8. The summed E-state index contributed by atoms with van der Waals surface area (Å²) in [5.41, 5.74) is 1.43. The molecule has 0 aliphatic carbocycles. The fraction of sp³-hybridized carbons (Fsp3) is 0.500. The molecule has 14 nitrogen and oxygen atoms in total. The maximum atomic E-state index is 12.2. The van der Waals surface area contributed by atoms with E-state index in [1.54, 1.807) is 30.5 Å². The number of hydrogen-bond acceptors (Lipinski definition) is 13. The minimum absolute atomic E-state index is 0.0686. The molecule has 0 radical (unpaired) electrons. The van der Waals surface area contributed by atoms with Crippen molar-refractivity contribution >= 4 is 57.8 Å². The highest BCUT2D eigenvalue weighted by molar-refractivity contribution is 7.17. The van der Waals surface area contributed by atoms with Gasteiger partial charge in [0, 0.05) is 51.0 Å². The van der Waals surface area contributed by atoms with Gasteiger partial charge in [0.25, 0.3) is 0 Å². The van der Waals surface area contributed by atoms with Crippen LogP contribution >= 0.6 is 11.3 Å². The number of benzene rings is 1. The molecule has 0 spiro atoms. The van der Waals surface area contributed by atoms with Crippen LogP contribution in [0.15, 0.2) is 36.5 Å². The first-order chi connectivity index (χ1) is 23.9. The van der Waals surface area contributed by atoms with Crippen molar-refractivity contribution in [3.63, 3.8) is 0 Å². The average molecular weight is 693 g/mol. The molecule has 2 aliphatic heterocycles. The van der Waals surface area contributed by atoms with Gasteiger partial charge in [-0.05, 0) is 50.4 Å². The third-order valence-corrected chi connectivity index (χ3v) is 9.19. The van der Waals surface area contributed by atoms with Gasteiger partial charge in [0.1, 0.15) is 24.1 Å². The molecule has 2 aliphatic rings. The number of amides is 3. The van der Waals surface area contributed by atoms with Crippen LogP contribution in [0.5, 0.6) is 0 Å². The molecule has 49 heavy (non-hydrogen) atoms. The van der Waals surface area contributed by atoms with Crippen LogP contribution in [0.25, 0.3) is 0 Å². The van der Waals surface area contributed by atoms with Crippen LogP contribution in [0, 0.1) is 6.92 Å². The van der Waals surface area contributed by atoms with E-state index >= 15 is 0 Å². The number of nitrogens with one attached hydrogen (secondary N) is 3. The van der Waals surface area contributed by atoms with Crippen LogP contribution in [-0.4, -0.2) is 103 Å². The first kappa shape index (κ1) is 36.0. The third-order valence-electron chi connectivity index (χ3n) is 8.35. The number of piperazine rings is 1. The van der Waals surface area contributed by atoms with Crippen LogP contribution in [0.3, 0.4) is 0 Å². The molecule has 2 saturated heterocycles. The topological polar surface area (TPSA) is 168 Å². The van der Waals surface area contributed by atoms with Crippen molar-refractivity contribution in [2.45, 2.75) is 51.4 Å². The highest BCUT2D eigenvalue weighted by atomic mass is 32.1. The summed E-state index contributed by atoms with van der Waals surface area (Å²) in [5, 5.41) is 8.97. The second-order valence-corrected chi connectivity index (χ2v) is 13.1. The van der Waals surface area contributed by atoms with Crippen molar-refractivity contribution in [3.05, 3.63) is 52.8 Å². The maximum Gasteiger partial charge on any atom is 0.250 e. The maximum absolute atomic E-state index is 12.2. The lowest BCUT2D eigenvalue weighted by Crippen LogP contribution is -2.47. The Morgan fingerprint density at radius 2 is 1.80 bits per heavy atom. The molecule has 3 aromatic rings. The van der Waals surface area contributed by atoms with Crippen LogP contribution in [-0.2, 0) is 23.9 Å². The van der Waals surface area contributed by atoms with Crippen molar-refractivity contribution in [2.24, 2.45) is 0 Å². The molecule has 3 N–H and O–H groups in total. The number of ether oxygens (including phenoxy) is 2. The van der Waals surface area contributed by atoms with E-state index < -0.39 is 0 Å². The zero-order valence-corrected chi connectivity index (χ0v) is 28.6. The van der Waals surface area contributed by atoms with Gasteiger partial charge in [-0.25, -0.2) is 15.0 Å². The van der Waals surface area contributed by atoms with E-state index in [0.717, 1.165) is 76.1 Å². The van der Waals surface area contributed by atoms with Crippen molar-refractivity contribution < 1.29 is 28.7 Å². The average Bonchev–Trinajstić information content (AvgIpc) is 3.55. The van der Waals surface area contributed by atoms with Crippen LogP contribution < -0.4 is 20.9 Å². The molecular weight excluding hydrogens is 648 g/mol. The Hall–Kier alpha value is -4.31. The third kappa shape index (κ3) is 11.4. The van der Waals surface area contributed by atoms with E-state index in [2.05, 4.69) is 40.7 Å². The molecule has 1 unspecified atom stereocenters. The second kappa shape index (κ2) is 18.5. The van der Waals surface area contributed by atoms with Gasteiger partial charge in [-0.2, -0.15) is 0 Å². The number of carbonyl (C=O) groups excluding carboxylic acids is 4. The summed E-state index contributed by atoms with van der Waals surface area (Å²) in [4.78, 5) is 65.2. The molecule has 5 rings (SSSR count). The summed E-state index contributed by atoms with van der Waals surface area (Å²) in [6, 6.07) is 9.01. The molecule has 2 aromatic heterocycles. The summed E-state index contributed by atoms with van der Waals surface area (Å²) in [7, 11) is 0. The number of thiazole rings is 1. The number of aromatic nitrogens is 3. The summed E-state index contributed by atoms with van der Waals surface area (Å²) < 4.78 is 11.1. The smallest absolute Gasteiger partial charge is 0.250 e. The quantitative estimate of drug-likeness (QED) is 0.101. The number of anilines is 4. The largest absolute Gasteiger partial charge is 0.379 e. The van der Waals surface area contributed by atoms with E-state index in [-0.39, 0.29) is 30.2 Å². The fourth-order valence-electron chi connectivity index (χ4n) is 5.77. The van der Waals surface area contributed by atoms with Gasteiger partial charge in [0.05, 0.1) is 30.2 Å². The van der Waals surface area contributed by atoms with Crippen molar-refractivity contribution in [3.8, 4) is 0 Å². The van der Waals surface area contributed by atoms with Gasteiger partial charge in [-0.1, -0.05) is 36.3 Å². The Morgan fingerprint density at radius 3 is 2.55 bits per heavy atom. The lowest BCUT2D eigenvalue weighted by Gasteiger charge is -2.35. The van der Waals surface area contributed by atoms with Gasteiger partial charge < -0.3 is 25.0 Å². The van der Waals surface area contributed by atoms with Crippen LogP contribution in [0.2, 0.25) is 0 Å². The number of aldehydes is 1. The van der Waals surface area contributed by atoms with E-state index in [0.29, 0.717) is 60.0 Å². The summed E-state index contributed by atoms with van der Waals surface area (Å²) >= 11 is 1.29. The molecule has 0 bridgehead atoms. The first-order valence-electron chi connectivity index (χ1n) is 16.8. The Morgan fingerprint density at radius 1 is 1.02 bits per heavy atom. The molecule has 1 aromatic carbocycles. The van der Waals surface area contributed by atoms with E-state index in [1.165, 1.54) is 11.3 Å². The van der Waals surface area contributed by atoms with Crippen LogP contribution in [0.4, 0.5) is 22.5 Å². The molecular formula is C34H44N8O6S. The molecule has 4 heterocycles. The molecule has 2 fully saturated rings. The zero-order chi connectivity index (χ0) is 34.4. The zero-order valence-electron chi connectivity index (χ0n) is 27.8. The SMILES string of the molecule is Cc1nc(Nc2ncc(C=O)s2)cc(N2CCN(CCCCCCOCCOCC(=O)Nc3ccc(C4CCC(=O)NC4=O)cc3)CC2)n1. The number of aryl methyl sites for hydroxylation is 1. The lowest BCUT2D eigenvalue weighted by molar-refractivity contribution is -0.134. The standard InChI is InChI=1S/C34H44N8O6S/c1-24-36-29(39-34-35-21-27(22-43)49-34)20-30(37-24)42-15-13-41(14-16-42)12-4-2-3-5-17-47-18-19-48-23-32(45)38-26-8-6-25(7-9-26)28-10-11-31(44)40-33(28)46/h6-9,20-22,28H,2-5,10-19,23H2,1H3,(H,38,45)(H,40,44,46)(H,35,36,37,39). The van der Waals surface area contributed by atoms with E-state index in [1.807, 2.05) is 13.0 Å². The highest BCUT2D eigenvalue weighted by Crippen LogP contribution is 2.26. The predicted molar refractivity (Wildman–Crippen MR) is 187 cm³/mol. The van der Waals surface area contributed by atoms with E-state index in [9.17, 15) is 19.2 Å². The van der Waals surface area contributed by atoms with Gasteiger partial charge in [0.2, 0.25) is 17.7 Å². The monoisotopic (exact) mass is 692 g/mol. The minimum atomic E-state index is -0.351. The van der Waals surface area contributed by atoms with Crippen molar-refractivity contribution in [1.82, 2.24) is 25.2 Å². The number of carbonyl (C=O) groups is 4. The van der Waals surface area contributed by atoms with Gasteiger partial charge in [-0.15, -0.1) is 0 Å². The Balaban J connectivity index is 0.858.